The first kappa shape index (κ1) is 9.67. The Morgan fingerprint density at radius 1 is 1.10 bits per heavy atom. The smallest absolute Gasteiger partial charge is 0.0827 e. The van der Waals surface area contributed by atoms with Crippen LogP contribution in [0.5, 0.6) is 0 Å². The number of hydrogen-bond acceptors (Lipinski definition) is 0. The molecule has 0 aliphatic heterocycles. The summed E-state index contributed by atoms with van der Waals surface area (Å²) in [6, 6.07) is 0. The molecule has 0 radical (unpaired) electrons. The van der Waals surface area contributed by atoms with Crippen LogP contribution in [0, 0.1) is 0 Å². The van der Waals surface area contributed by atoms with E-state index in [0.29, 0.717) is 6.33 Å². The SMILES string of the molecule is CCCCCCC/C=C\F. The van der Waals surface area contributed by atoms with Crippen molar-refractivity contribution in [2.75, 3.05) is 0 Å². The van der Waals surface area contributed by atoms with E-state index in [1.54, 1.807) is 6.08 Å². The van der Waals surface area contributed by atoms with Crippen LogP contribution >= 0.6 is 0 Å². The van der Waals surface area contributed by atoms with Crippen LogP contribution < -0.4 is 0 Å². The first-order chi connectivity index (χ1) is 4.91. The highest BCUT2D eigenvalue weighted by Gasteiger charge is 1.85. The predicted octanol–water partition coefficient (Wildman–Crippen LogP) is 3.83. The number of rotatable bonds is 6. The standard InChI is InChI=1S/C9H17F/c1-2-3-4-5-6-7-8-9-10/h8-9H,2-7H2,1H3/b9-8-. The molecule has 0 rings (SSSR count). The third-order valence-corrected chi connectivity index (χ3v) is 1.56. The van der Waals surface area contributed by atoms with Gasteiger partial charge in [-0.15, -0.1) is 0 Å². The Kier molecular flexibility index (Phi) is 8.38. The molecule has 0 aromatic carbocycles. The highest BCUT2D eigenvalue weighted by Crippen LogP contribution is 2.04. The maximum absolute atomic E-state index is 11.4. The fourth-order valence-electron chi connectivity index (χ4n) is 0.929. The molecule has 0 fully saturated rings. The van der Waals surface area contributed by atoms with Crippen molar-refractivity contribution in [3.63, 3.8) is 0 Å². The Morgan fingerprint density at radius 2 is 1.80 bits per heavy atom. The van der Waals surface area contributed by atoms with Crippen molar-refractivity contribution in [3.8, 4) is 0 Å². The normalized spacial score (nSPS) is 11.0. The van der Waals surface area contributed by atoms with Gasteiger partial charge in [0.25, 0.3) is 0 Å². The molecule has 0 bridgehead atoms. The second kappa shape index (κ2) is 8.67. The van der Waals surface area contributed by atoms with Crippen LogP contribution in [0.15, 0.2) is 12.4 Å². The molecular formula is C9H17F. The van der Waals surface area contributed by atoms with E-state index < -0.39 is 0 Å². The minimum absolute atomic E-state index is 0.639. The van der Waals surface area contributed by atoms with Gasteiger partial charge in [0, 0.05) is 0 Å². The summed E-state index contributed by atoms with van der Waals surface area (Å²) in [5, 5.41) is 0. The molecule has 0 aromatic rings. The Morgan fingerprint density at radius 3 is 2.40 bits per heavy atom. The van der Waals surface area contributed by atoms with Crippen LogP contribution in [-0.4, -0.2) is 0 Å². The van der Waals surface area contributed by atoms with E-state index in [1.807, 2.05) is 0 Å². The Labute approximate surface area is 63.1 Å². The Bertz CT molecular complexity index is 76.8. The monoisotopic (exact) mass is 144 g/mol. The van der Waals surface area contributed by atoms with E-state index in [2.05, 4.69) is 6.92 Å². The molecule has 0 aliphatic rings. The molecule has 0 unspecified atom stereocenters. The molecule has 0 N–H and O–H groups in total. The zero-order chi connectivity index (χ0) is 7.66. The van der Waals surface area contributed by atoms with Gasteiger partial charge < -0.3 is 0 Å². The summed E-state index contributed by atoms with van der Waals surface area (Å²) < 4.78 is 11.4. The highest BCUT2D eigenvalue weighted by molar-refractivity contribution is 4.71. The average molecular weight is 144 g/mol. The van der Waals surface area contributed by atoms with Crippen LogP contribution in [-0.2, 0) is 0 Å². The first-order valence-corrected chi connectivity index (χ1v) is 4.17. The van der Waals surface area contributed by atoms with Crippen LogP contribution in [0.2, 0.25) is 0 Å². The summed E-state index contributed by atoms with van der Waals surface area (Å²) in [7, 11) is 0. The molecule has 0 saturated heterocycles. The number of halogens is 1. The van der Waals surface area contributed by atoms with Gasteiger partial charge >= 0.3 is 0 Å². The van der Waals surface area contributed by atoms with Crippen molar-refractivity contribution in [1.82, 2.24) is 0 Å². The van der Waals surface area contributed by atoms with Crippen LogP contribution in [0.25, 0.3) is 0 Å². The van der Waals surface area contributed by atoms with Gasteiger partial charge in [-0.25, -0.2) is 4.39 Å². The van der Waals surface area contributed by atoms with E-state index in [-0.39, 0.29) is 0 Å². The molecule has 10 heavy (non-hydrogen) atoms. The van der Waals surface area contributed by atoms with Gasteiger partial charge in [0.1, 0.15) is 0 Å². The van der Waals surface area contributed by atoms with Gasteiger partial charge in [0.2, 0.25) is 0 Å². The molecule has 0 saturated carbocycles. The van der Waals surface area contributed by atoms with E-state index >= 15 is 0 Å². The van der Waals surface area contributed by atoms with Crippen molar-refractivity contribution in [2.45, 2.75) is 45.4 Å². The van der Waals surface area contributed by atoms with E-state index in [4.69, 9.17) is 0 Å². The summed E-state index contributed by atoms with van der Waals surface area (Å²) in [6.45, 7) is 2.20. The fourth-order valence-corrected chi connectivity index (χ4v) is 0.929. The summed E-state index contributed by atoms with van der Waals surface area (Å²) in [5.74, 6) is 0. The molecule has 1 heteroatoms. The third-order valence-electron chi connectivity index (χ3n) is 1.56. The summed E-state index contributed by atoms with van der Waals surface area (Å²) >= 11 is 0. The fraction of sp³-hybridized carbons (Fsp3) is 0.778. The van der Waals surface area contributed by atoms with E-state index in [1.165, 1.54) is 25.7 Å². The maximum atomic E-state index is 11.4. The molecular weight excluding hydrogens is 127 g/mol. The molecule has 0 heterocycles. The molecule has 60 valence electrons. The second-order valence-corrected chi connectivity index (χ2v) is 2.56. The molecule has 0 amide bonds. The van der Waals surface area contributed by atoms with Crippen LogP contribution in [0.4, 0.5) is 4.39 Å². The van der Waals surface area contributed by atoms with Gasteiger partial charge in [-0.1, -0.05) is 38.7 Å². The number of hydrogen-bond donors (Lipinski definition) is 0. The van der Waals surface area contributed by atoms with Crippen LogP contribution in [0.3, 0.4) is 0 Å². The molecule has 0 nitrogen and oxygen atoms in total. The number of allylic oxidation sites excluding steroid dienone is 1. The summed E-state index contributed by atoms with van der Waals surface area (Å²) in [5.41, 5.74) is 0. The van der Waals surface area contributed by atoms with Crippen molar-refractivity contribution in [2.24, 2.45) is 0 Å². The second-order valence-electron chi connectivity index (χ2n) is 2.56. The van der Waals surface area contributed by atoms with Crippen LogP contribution in [0.1, 0.15) is 45.4 Å². The molecule has 0 aromatic heterocycles. The maximum Gasteiger partial charge on any atom is 0.0827 e. The Hall–Kier alpha value is -0.330. The van der Waals surface area contributed by atoms with Gasteiger partial charge in [0.05, 0.1) is 6.33 Å². The molecule has 0 atom stereocenters. The minimum atomic E-state index is 0.639. The Balaban J connectivity index is 2.77. The van der Waals surface area contributed by atoms with Crippen molar-refractivity contribution >= 4 is 0 Å². The lowest BCUT2D eigenvalue weighted by atomic mass is 10.1. The lowest BCUT2D eigenvalue weighted by molar-refractivity contribution is 0.632. The average Bonchev–Trinajstić information content (AvgIpc) is 1.97. The van der Waals surface area contributed by atoms with Gasteiger partial charge in [-0.3, -0.25) is 0 Å². The largest absolute Gasteiger partial charge is 0.216 e. The van der Waals surface area contributed by atoms with E-state index in [0.717, 1.165) is 12.8 Å². The molecule has 0 spiro atoms. The lowest BCUT2D eigenvalue weighted by Crippen LogP contribution is -1.75. The first-order valence-electron chi connectivity index (χ1n) is 4.17. The number of unbranched alkanes of at least 4 members (excludes halogenated alkanes) is 5. The van der Waals surface area contributed by atoms with E-state index in [9.17, 15) is 4.39 Å². The summed E-state index contributed by atoms with van der Waals surface area (Å²) in [4.78, 5) is 0. The third kappa shape index (κ3) is 7.67. The van der Waals surface area contributed by atoms with Gasteiger partial charge in [0.15, 0.2) is 0 Å². The lowest BCUT2D eigenvalue weighted by Gasteiger charge is -1.94. The van der Waals surface area contributed by atoms with Crippen molar-refractivity contribution < 1.29 is 4.39 Å². The zero-order valence-electron chi connectivity index (χ0n) is 6.78. The van der Waals surface area contributed by atoms with Gasteiger partial charge in [-0.2, -0.15) is 0 Å². The van der Waals surface area contributed by atoms with Crippen molar-refractivity contribution in [3.05, 3.63) is 12.4 Å². The predicted molar refractivity (Wildman–Crippen MR) is 43.6 cm³/mol. The topological polar surface area (TPSA) is 0 Å². The minimum Gasteiger partial charge on any atom is -0.216 e. The van der Waals surface area contributed by atoms with Gasteiger partial charge in [-0.05, 0) is 12.8 Å². The molecule has 0 aliphatic carbocycles. The highest BCUT2D eigenvalue weighted by atomic mass is 19.1. The van der Waals surface area contributed by atoms with Crippen molar-refractivity contribution in [1.29, 1.82) is 0 Å². The zero-order valence-corrected chi connectivity index (χ0v) is 6.78. The summed E-state index contributed by atoms with van der Waals surface area (Å²) in [6.07, 6.45) is 9.42. The quantitative estimate of drug-likeness (QED) is 0.497.